The van der Waals surface area contributed by atoms with E-state index in [0.29, 0.717) is 17.9 Å². The average molecular weight is 265 g/mol. The van der Waals surface area contributed by atoms with Gasteiger partial charge in [-0.25, -0.2) is 0 Å². The zero-order valence-electron chi connectivity index (χ0n) is 12.1. The van der Waals surface area contributed by atoms with Gasteiger partial charge in [0.05, 0.1) is 11.4 Å². The normalized spacial score (nSPS) is 10.3. The largest absolute Gasteiger partial charge is 0.397 e. The number of benzene rings is 1. The number of hydrogen-bond donors (Lipinski definition) is 1. The molecule has 1 amide bonds. The van der Waals surface area contributed by atoms with Crippen LogP contribution in [0.1, 0.15) is 16.8 Å². The second kappa shape index (κ2) is 6.99. The van der Waals surface area contributed by atoms with Crippen LogP contribution in [-0.4, -0.2) is 52.2 Å². The van der Waals surface area contributed by atoms with Gasteiger partial charge in [-0.1, -0.05) is 0 Å². The molecular formula is C14H23N3O2. The zero-order valence-corrected chi connectivity index (χ0v) is 12.1. The lowest BCUT2D eigenvalue weighted by Crippen LogP contribution is -2.24. The van der Waals surface area contributed by atoms with Gasteiger partial charge in [-0.2, -0.15) is 0 Å². The zero-order chi connectivity index (χ0) is 14.4. The summed E-state index contributed by atoms with van der Waals surface area (Å²) in [5.74, 6) is -0.0217. The maximum atomic E-state index is 11.9. The molecule has 1 aromatic carbocycles. The number of amides is 1. The monoisotopic (exact) mass is 265 g/mol. The van der Waals surface area contributed by atoms with Gasteiger partial charge in [0, 0.05) is 47.0 Å². The maximum Gasteiger partial charge on any atom is 0.253 e. The van der Waals surface area contributed by atoms with Crippen molar-refractivity contribution in [3.05, 3.63) is 23.8 Å². The fourth-order valence-electron chi connectivity index (χ4n) is 1.83. The Morgan fingerprint density at radius 2 is 2.00 bits per heavy atom. The van der Waals surface area contributed by atoms with Gasteiger partial charge in [-0.3, -0.25) is 4.79 Å². The van der Waals surface area contributed by atoms with Gasteiger partial charge in [0.15, 0.2) is 0 Å². The van der Waals surface area contributed by atoms with Crippen molar-refractivity contribution >= 4 is 17.3 Å². The molecule has 0 atom stereocenters. The van der Waals surface area contributed by atoms with Crippen molar-refractivity contribution in [3.63, 3.8) is 0 Å². The minimum Gasteiger partial charge on any atom is -0.397 e. The second-order valence-corrected chi connectivity index (χ2v) is 4.74. The first-order chi connectivity index (χ1) is 8.97. The summed E-state index contributed by atoms with van der Waals surface area (Å²) in [7, 11) is 7.12. The SMILES string of the molecule is COCCCN(C)c1cc(C(=O)N(C)C)ccc1N. The minimum atomic E-state index is -0.0217. The number of nitrogen functional groups attached to an aromatic ring is 1. The molecule has 106 valence electrons. The molecule has 0 saturated carbocycles. The molecule has 0 fully saturated rings. The molecule has 5 heteroatoms. The first-order valence-corrected chi connectivity index (χ1v) is 6.28. The number of nitrogens with zero attached hydrogens (tertiary/aromatic N) is 2. The second-order valence-electron chi connectivity index (χ2n) is 4.74. The lowest BCUT2D eigenvalue weighted by atomic mass is 10.1. The quantitative estimate of drug-likeness (QED) is 0.624. The Kier molecular flexibility index (Phi) is 5.63. The number of nitrogens with two attached hydrogens (primary N) is 1. The van der Waals surface area contributed by atoms with Crippen molar-refractivity contribution in [2.24, 2.45) is 0 Å². The Balaban J connectivity index is 2.87. The average Bonchev–Trinajstić information content (AvgIpc) is 2.38. The third-order valence-electron chi connectivity index (χ3n) is 2.94. The lowest BCUT2D eigenvalue weighted by Gasteiger charge is -2.22. The van der Waals surface area contributed by atoms with Gasteiger partial charge in [-0.05, 0) is 24.6 Å². The molecule has 0 bridgehead atoms. The fourth-order valence-corrected chi connectivity index (χ4v) is 1.83. The van der Waals surface area contributed by atoms with E-state index in [1.807, 2.05) is 18.0 Å². The van der Waals surface area contributed by atoms with Crippen LogP contribution in [0.2, 0.25) is 0 Å². The number of carbonyl (C=O) groups excluding carboxylic acids is 1. The smallest absolute Gasteiger partial charge is 0.253 e. The highest BCUT2D eigenvalue weighted by Crippen LogP contribution is 2.24. The van der Waals surface area contributed by atoms with Crippen molar-refractivity contribution in [3.8, 4) is 0 Å². The summed E-state index contributed by atoms with van der Waals surface area (Å²) < 4.78 is 5.03. The van der Waals surface area contributed by atoms with Gasteiger partial charge < -0.3 is 20.3 Å². The molecule has 0 saturated heterocycles. The van der Waals surface area contributed by atoms with Crippen LogP contribution in [0.15, 0.2) is 18.2 Å². The molecule has 0 aliphatic carbocycles. The summed E-state index contributed by atoms with van der Waals surface area (Å²) in [5, 5.41) is 0. The first kappa shape index (κ1) is 15.3. The minimum absolute atomic E-state index is 0.0217. The van der Waals surface area contributed by atoms with Gasteiger partial charge in [0.2, 0.25) is 0 Å². The molecule has 0 unspecified atom stereocenters. The standard InChI is InChI=1S/C14H23N3O2/c1-16(2)14(18)11-6-7-12(15)13(10-11)17(3)8-5-9-19-4/h6-7,10H,5,8-9,15H2,1-4H3. The Morgan fingerprint density at radius 3 is 2.58 bits per heavy atom. The van der Waals surface area contributed by atoms with E-state index in [-0.39, 0.29) is 5.91 Å². The molecule has 0 heterocycles. The number of ether oxygens (including phenoxy) is 1. The summed E-state index contributed by atoms with van der Waals surface area (Å²) in [6.07, 6.45) is 0.915. The van der Waals surface area contributed by atoms with E-state index >= 15 is 0 Å². The Morgan fingerprint density at radius 1 is 1.32 bits per heavy atom. The molecule has 0 aromatic heterocycles. The molecule has 0 spiro atoms. The maximum absolute atomic E-state index is 11.9. The molecule has 5 nitrogen and oxygen atoms in total. The van der Waals surface area contributed by atoms with Crippen molar-refractivity contribution in [1.82, 2.24) is 4.90 Å². The Hall–Kier alpha value is -1.75. The number of hydrogen-bond acceptors (Lipinski definition) is 4. The summed E-state index contributed by atoms with van der Waals surface area (Å²) in [4.78, 5) is 15.5. The van der Waals surface area contributed by atoms with Crippen LogP contribution in [0.25, 0.3) is 0 Å². The van der Waals surface area contributed by atoms with Gasteiger partial charge in [0.25, 0.3) is 5.91 Å². The van der Waals surface area contributed by atoms with Gasteiger partial charge in [-0.15, -0.1) is 0 Å². The summed E-state index contributed by atoms with van der Waals surface area (Å²) in [6.45, 7) is 1.54. The lowest BCUT2D eigenvalue weighted by molar-refractivity contribution is 0.0827. The molecule has 2 N–H and O–H groups in total. The molecular weight excluding hydrogens is 242 g/mol. The number of anilines is 2. The molecule has 0 radical (unpaired) electrons. The summed E-state index contributed by atoms with van der Waals surface area (Å²) >= 11 is 0. The van der Waals surface area contributed by atoms with E-state index in [0.717, 1.165) is 18.7 Å². The Bertz CT molecular complexity index is 433. The molecule has 0 aliphatic heterocycles. The van der Waals surface area contributed by atoms with E-state index in [1.54, 1.807) is 38.2 Å². The van der Waals surface area contributed by atoms with Crippen LogP contribution < -0.4 is 10.6 Å². The third kappa shape index (κ3) is 4.13. The highest BCUT2D eigenvalue weighted by molar-refractivity contribution is 5.96. The van der Waals surface area contributed by atoms with E-state index in [9.17, 15) is 4.79 Å². The van der Waals surface area contributed by atoms with Gasteiger partial charge in [0.1, 0.15) is 0 Å². The van der Waals surface area contributed by atoms with E-state index in [1.165, 1.54) is 0 Å². The summed E-state index contributed by atoms with van der Waals surface area (Å²) in [5.41, 5.74) is 8.17. The molecule has 19 heavy (non-hydrogen) atoms. The Labute approximate surface area is 114 Å². The van der Waals surface area contributed by atoms with E-state index < -0.39 is 0 Å². The summed E-state index contributed by atoms with van der Waals surface area (Å²) in [6, 6.07) is 5.37. The van der Waals surface area contributed by atoms with Crippen LogP contribution in [0.3, 0.4) is 0 Å². The van der Waals surface area contributed by atoms with Gasteiger partial charge >= 0.3 is 0 Å². The highest BCUT2D eigenvalue weighted by Gasteiger charge is 2.12. The van der Waals surface area contributed by atoms with Crippen molar-refractivity contribution < 1.29 is 9.53 Å². The highest BCUT2D eigenvalue weighted by atomic mass is 16.5. The third-order valence-corrected chi connectivity index (χ3v) is 2.94. The topological polar surface area (TPSA) is 58.8 Å². The van der Waals surface area contributed by atoms with Crippen LogP contribution in [0, 0.1) is 0 Å². The van der Waals surface area contributed by atoms with Crippen molar-refractivity contribution in [1.29, 1.82) is 0 Å². The van der Waals surface area contributed by atoms with E-state index in [2.05, 4.69) is 0 Å². The molecule has 0 aliphatic rings. The van der Waals surface area contributed by atoms with Crippen molar-refractivity contribution in [2.75, 3.05) is 52.0 Å². The van der Waals surface area contributed by atoms with Crippen molar-refractivity contribution in [2.45, 2.75) is 6.42 Å². The molecule has 1 aromatic rings. The van der Waals surface area contributed by atoms with Crippen LogP contribution in [0.4, 0.5) is 11.4 Å². The fraction of sp³-hybridized carbons (Fsp3) is 0.500. The number of carbonyl (C=O) groups is 1. The van der Waals surface area contributed by atoms with Crippen LogP contribution >= 0.6 is 0 Å². The predicted molar refractivity (Wildman–Crippen MR) is 78.6 cm³/mol. The molecule has 1 rings (SSSR count). The van der Waals surface area contributed by atoms with Crippen LogP contribution in [-0.2, 0) is 4.74 Å². The number of methoxy groups -OCH3 is 1. The first-order valence-electron chi connectivity index (χ1n) is 6.28. The number of rotatable bonds is 6. The predicted octanol–water partition coefficient (Wildman–Crippen LogP) is 1.44. The van der Waals surface area contributed by atoms with E-state index in [4.69, 9.17) is 10.5 Å². The van der Waals surface area contributed by atoms with Crippen LogP contribution in [0.5, 0.6) is 0 Å².